The number of carbonyl (C=O) groups excluding carboxylic acids is 2. The van der Waals surface area contributed by atoms with Gasteiger partial charge in [-0.1, -0.05) is 23.2 Å². The van der Waals surface area contributed by atoms with Gasteiger partial charge in [-0.15, -0.1) is 10.2 Å². The predicted octanol–water partition coefficient (Wildman–Crippen LogP) is 2.23. The molecular formula is C24H20Cl2F3N9O3. The van der Waals surface area contributed by atoms with Crippen LogP contribution >= 0.6 is 23.2 Å². The van der Waals surface area contributed by atoms with Crippen molar-refractivity contribution >= 4 is 35.0 Å². The Balaban J connectivity index is 1.49. The smallest absolute Gasteiger partial charge is 0.355 e. The SMILES string of the molecule is O=C1NCCC1C(=O)NC(Cn1c(-c2ccc(Cl)cc2)nn(Cc2ncn(-c3ncccc3Cl)n2)c1=O)C(F)(F)F. The van der Waals surface area contributed by atoms with Crippen molar-refractivity contribution in [3.63, 3.8) is 0 Å². The van der Waals surface area contributed by atoms with E-state index in [9.17, 15) is 27.6 Å². The number of amides is 2. The maximum Gasteiger partial charge on any atom is 0.410 e. The number of benzene rings is 1. The summed E-state index contributed by atoms with van der Waals surface area (Å²) in [7, 11) is 0. The molecule has 2 amide bonds. The number of carbonyl (C=O) groups is 2. The molecule has 17 heteroatoms. The Bertz CT molecular complexity index is 1650. The first-order valence-corrected chi connectivity index (χ1v) is 12.9. The standard InChI is InChI=1S/C24H20Cl2F3N9O3/c25-14-5-3-13(4-6-14)19-35-37(11-18-32-12-38(34-18)20-16(26)2-1-8-30-20)23(41)36(19)10-17(24(27,28)29)33-22(40)15-7-9-31-21(15)39/h1-6,8,12,15,17H,7,9-11H2,(H,31,39)(H,33,40). The third-order valence-electron chi connectivity index (χ3n) is 6.25. The van der Waals surface area contributed by atoms with Crippen LogP contribution in [-0.2, 0) is 22.7 Å². The number of nitrogens with one attached hydrogen (secondary N) is 2. The third-order valence-corrected chi connectivity index (χ3v) is 6.80. The van der Waals surface area contributed by atoms with Crippen LogP contribution in [0.3, 0.4) is 0 Å². The van der Waals surface area contributed by atoms with E-state index in [0.717, 1.165) is 9.25 Å². The molecule has 5 rings (SSSR count). The lowest BCUT2D eigenvalue weighted by Crippen LogP contribution is -2.51. The molecule has 2 atom stereocenters. The lowest BCUT2D eigenvalue weighted by atomic mass is 10.1. The van der Waals surface area contributed by atoms with Crippen LogP contribution in [-0.4, -0.2) is 64.7 Å². The van der Waals surface area contributed by atoms with Gasteiger partial charge in [0.05, 0.1) is 11.6 Å². The van der Waals surface area contributed by atoms with E-state index in [1.54, 1.807) is 12.1 Å². The first kappa shape index (κ1) is 28.3. The fourth-order valence-electron chi connectivity index (χ4n) is 4.20. The molecule has 0 aliphatic carbocycles. The minimum Gasteiger partial charge on any atom is -0.355 e. The van der Waals surface area contributed by atoms with Crippen LogP contribution < -0.4 is 16.3 Å². The van der Waals surface area contributed by atoms with Crippen LogP contribution in [0.15, 0.2) is 53.7 Å². The molecule has 1 saturated heterocycles. The van der Waals surface area contributed by atoms with Gasteiger partial charge in [0.25, 0.3) is 0 Å². The minimum atomic E-state index is -4.95. The average Bonchev–Trinajstić information content (AvgIpc) is 3.64. The number of hydrogen-bond acceptors (Lipinski definition) is 7. The van der Waals surface area contributed by atoms with Crippen LogP contribution in [0.25, 0.3) is 17.2 Å². The summed E-state index contributed by atoms with van der Waals surface area (Å²) in [6.07, 6.45) is -2.07. The van der Waals surface area contributed by atoms with Crippen molar-refractivity contribution in [3.8, 4) is 17.2 Å². The number of rotatable bonds is 8. The van der Waals surface area contributed by atoms with Gasteiger partial charge in [-0.05, 0) is 42.8 Å². The van der Waals surface area contributed by atoms with Gasteiger partial charge in [-0.3, -0.25) is 14.2 Å². The second-order valence-corrected chi connectivity index (χ2v) is 9.87. The van der Waals surface area contributed by atoms with Crippen LogP contribution in [0.2, 0.25) is 10.0 Å². The summed E-state index contributed by atoms with van der Waals surface area (Å²) in [4.78, 5) is 46.1. The van der Waals surface area contributed by atoms with E-state index in [4.69, 9.17) is 23.2 Å². The summed E-state index contributed by atoms with van der Waals surface area (Å²) in [6.45, 7) is -1.13. The van der Waals surface area contributed by atoms with Crippen molar-refractivity contribution in [2.45, 2.75) is 31.7 Å². The molecule has 2 unspecified atom stereocenters. The normalized spacial score (nSPS) is 16.0. The Morgan fingerprint density at radius 1 is 1.12 bits per heavy atom. The van der Waals surface area contributed by atoms with Gasteiger partial charge in [0.1, 0.15) is 24.8 Å². The Labute approximate surface area is 239 Å². The van der Waals surface area contributed by atoms with Crippen molar-refractivity contribution < 1.29 is 22.8 Å². The molecule has 1 aliphatic heterocycles. The molecule has 1 aliphatic rings. The fourth-order valence-corrected chi connectivity index (χ4v) is 4.54. The van der Waals surface area contributed by atoms with E-state index >= 15 is 0 Å². The summed E-state index contributed by atoms with van der Waals surface area (Å²) in [6, 6.07) is 6.71. The summed E-state index contributed by atoms with van der Waals surface area (Å²) in [5.41, 5.74) is -0.615. The molecule has 0 bridgehead atoms. The highest BCUT2D eigenvalue weighted by molar-refractivity contribution is 6.32. The van der Waals surface area contributed by atoms with Crippen LogP contribution in [0.1, 0.15) is 12.2 Å². The van der Waals surface area contributed by atoms with Crippen LogP contribution in [0, 0.1) is 5.92 Å². The summed E-state index contributed by atoms with van der Waals surface area (Å²) >= 11 is 12.1. The van der Waals surface area contributed by atoms with Crippen LogP contribution in [0.5, 0.6) is 0 Å². The van der Waals surface area contributed by atoms with Gasteiger partial charge in [0.15, 0.2) is 17.5 Å². The Morgan fingerprint density at radius 2 is 1.88 bits per heavy atom. The Hall–Kier alpha value is -4.24. The monoisotopic (exact) mass is 609 g/mol. The van der Waals surface area contributed by atoms with Crippen molar-refractivity contribution in [2.75, 3.05) is 6.54 Å². The van der Waals surface area contributed by atoms with Crippen molar-refractivity contribution in [1.29, 1.82) is 0 Å². The van der Waals surface area contributed by atoms with Crippen molar-refractivity contribution in [1.82, 2.24) is 44.7 Å². The van der Waals surface area contributed by atoms with E-state index in [1.165, 1.54) is 41.5 Å². The summed E-state index contributed by atoms with van der Waals surface area (Å²) < 4.78 is 45.3. The topological polar surface area (TPSA) is 142 Å². The lowest BCUT2D eigenvalue weighted by Gasteiger charge is -2.23. The van der Waals surface area contributed by atoms with E-state index in [2.05, 4.69) is 25.5 Å². The van der Waals surface area contributed by atoms with Gasteiger partial charge in [-0.2, -0.15) is 13.2 Å². The van der Waals surface area contributed by atoms with Gasteiger partial charge >= 0.3 is 11.9 Å². The maximum atomic E-state index is 14.1. The average molecular weight is 610 g/mol. The highest BCUT2D eigenvalue weighted by Crippen LogP contribution is 2.25. The number of hydrogen-bond donors (Lipinski definition) is 2. The zero-order valence-electron chi connectivity index (χ0n) is 20.8. The quantitative estimate of drug-likeness (QED) is 0.292. The molecule has 0 spiro atoms. The Kier molecular flexibility index (Phi) is 7.82. The van der Waals surface area contributed by atoms with E-state index < -0.39 is 42.2 Å². The first-order valence-electron chi connectivity index (χ1n) is 12.1. The molecule has 12 nitrogen and oxygen atoms in total. The molecule has 2 N–H and O–H groups in total. The second-order valence-electron chi connectivity index (χ2n) is 9.03. The van der Waals surface area contributed by atoms with E-state index in [1.807, 2.05) is 5.32 Å². The van der Waals surface area contributed by atoms with Crippen LogP contribution in [0.4, 0.5) is 13.2 Å². The van der Waals surface area contributed by atoms with E-state index in [-0.39, 0.29) is 37.0 Å². The highest BCUT2D eigenvalue weighted by atomic mass is 35.5. The van der Waals surface area contributed by atoms with Crippen molar-refractivity contribution in [2.24, 2.45) is 5.92 Å². The largest absolute Gasteiger partial charge is 0.410 e. The second kappa shape index (κ2) is 11.3. The predicted molar refractivity (Wildman–Crippen MR) is 139 cm³/mol. The lowest BCUT2D eigenvalue weighted by molar-refractivity contribution is -0.166. The van der Waals surface area contributed by atoms with Crippen molar-refractivity contribution in [3.05, 3.63) is 75.3 Å². The van der Waals surface area contributed by atoms with Gasteiger partial charge in [0, 0.05) is 23.3 Å². The number of nitrogens with zero attached hydrogens (tertiary/aromatic N) is 7. The molecule has 214 valence electrons. The fraction of sp³-hybridized carbons (Fsp3) is 0.292. The molecule has 3 aromatic heterocycles. The van der Waals surface area contributed by atoms with Gasteiger partial charge in [0.2, 0.25) is 11.8 Å². The van der Waals surface area contributed by atoms with Gasteiger partial charge < -0.3 is 10.6 Å². The first-order chi connectivity index (χ1) is 19.5. The zero-order valence-corrected chi connectivity index (χ0v) is 22.4. The Morgan fingerprint density at radius 3 is 2.54 bits per heavy atom. The number of pyridine rings is 1. The maximum absolute atomic E-state index is 14.1. The number of halogens is 5. The molecule has 4 heterocycles. The molecule has 0 radical (unpaired) electrons. The summed E-state index contributed by atoms with van der Waals surface area (Å²) in [5, 5.41) is 13.5. The molecule has 1 fully saturated rings. The minimum absolute atomic E-state index is 0.0620. The molecule has 41 heavy (non-hydrogen) atoms. The zero-order chi connectivity index (χ0) is 29.3. The molecule has 0 saturated carbocycles. The van der Waals surface area contributed by atoms with Gasteiger partial charge in [-0.25, -0.2) is 24.1 Å². The third kappa shape index (κ3) is 6.10. The van der Waals surface area contributed by atoms with E-state index in [0.29, 0.717) is 15.6 Å². The molecule has 4 aromatic rings. The summed E-state index contributed by atoms with van der Waals surface area (Å²) in [5.74, 6) is -2.72. The number of alkyl halides is 3. The highest BCUT2D eigenvalue weighted by Gasteiger charge is 2.44. The molecule has 1 aromatic carbocycles. The number of aromatic nitrogens is 7. The molecular weight excluding hydrogens is 590 g/mol.